The lowest BCUT2D eigenvalue weighted by Crippen LogP contribution is -2.28. The number of imidazole rings is 1. The van der Waals surface area contributed by atoms with Crippen LogP contribution in [0.1, 0.15) is 6.23 Å². The number of nitrogens with two attached hydrogens (primary N) is 1. The van der Waals surface area contributed by atoms with Gasteiger partial charge < -0.3 is 20.3 Å². The van der Waals surface area contributed by atoms with Crippen LogP contribution < -0.4 is 10.5 Å². The van der Waals surface area contributed by atoms with Gasteiger partial charge in [0.1, 0.15) is 23.7 Å². The van der Waals surface area contributed by atoms with E-state index in [4.69, 9.17) is 26.8 Å². The zero-order valence-electron chi connectivity index (χ0n) is 14.4. The maximum absolute atomic E-state index is 10.6. The summed E-state index contributed by atoms with van der Waals surface area (Å²) in [6.45, 7) is 0. The highest BCUT2D eigenvalue weighted by atomic mass is 35.5. The van der Waals surface area contributed by atoms with Gasteiger partial charge in [-0.3, -0.25) is 4.57 Å². The summed E-state index contributed by atoms with van der Waals surface area (Å²) in [5, 5.41) is 10.0. The number of halogens is 1. The van der Waals surface area contributed by atoms with Crippen molar-refractivity contribution in [2.75, 3.05) is 18.6 Å². The lowest BCUT2D eigenvalue weighted by molar-refractivity contribution is -0.0285. The number of rotatable bonds is 5. The zero-order valence-corrected chi connectivity index (χ0v) is 16.0. The molecule has 0 aliphatic carbocycles. The highest BCUT2D eigenvalue weighted by Gasteiger charge is 2.44. The fourth-order valence-electron chi connectivity index (χ4n) is 2.98. The molecule has 3 aromatic rings. The van der Waals surface area contributed by atoms with Crippen molar-refractivity contribution < 1.29 is 14.6 Å². The van der Waals surface area contributed by atoms with Crippen LogP contribution in [0.2, 0.25) is 0 Å². The minimum atomic E-state index is -0.901. The predicted octanol–water partition coefficient (Wildman–Crippen LogP) is 2.08. The number of nitrogens with zero attached hydrogens (tertiary/aromatic N) is 4. The summed E-state index contributed by atoms with van der Waals surface area (Å²) in [5.74, 6) is 1.67. The SMILES string of the molecule is COc1ccc(SC[C@H]2O[C@@H](n3cnc4c(N)ncnc43)[C@H](O)[C@@H]2Cl)cc1. The number of ether oxygens (including phenoxy) is 2. The van der Waals surface area contributed by atoms with Gasteiger partial charge in [-0.1, -0.05) is 0 Å². The fourth-order valence-corrected chi connectivity index (χ4v) is 4.33. The number of benzene rings is 1. The standard InChI is InChI=1S/C17H18ClN5O3S/c1-25-9-2-4-10(5-3-9)27-6-11-12(18)14(24)17(26-11)23-8-22-13-15(19)20-7-21-16(13)23/h2-5,7-8,11-12,14,17,24H,6H2,1H3,(H2,19,20,21)/t11-,12-,14-,17-/m1/s1. The van der Waals surface area contributed by atoms with Crippen LogP contribution >= 0.6 is 23.4 Å². The Balaban J connectivity index is 1.49. The van der Waals surface area contributed by atoms with Gasteiger partial charge in [0, 0.05) is 10.6 Å². The number of fused-ring (bicyclic) bond motifs is 1. The van der Waals surface area contributed by atoms with E-state index in [-0.39, 0.29) is 11.9 Å². The summed E-state index contributed by atoms with van der Waals surface area (Å²) in [4.78, 5) is 13.4. The zero-order chi connectivity index (χ0) is 19.0. The van der Waals surface area contributed by atoms with Gasteiger partial charge in [-0.15, -0.1) is 23.4 Å². The first kappa shape index (κ1) is 18.3. The minimum absolute atomic E-state index is 0.278. The van der Waals surface area contributed by atoms with Crippen molar-refractivity contribution in [3.8, 4) is 5.75 Å². The maximum Gasteiger partial charge on any atom is 0.167 e. The largest absolute Gasteiger partial charge is 0.497 e. The molecule has 1 aromatic carbocycles. The molecule has 0 spiro atoms. The van der Waals surface area contributed by atoms with Gasteiger partial charge in [0.05, 0.1) is 24.9 Å². The molecule has 2 aromatic heterocycles. The number of aliphatic hydroxyl groups excluding tert-OH is 1. The van der Waals surface area contributed by atoms with Crippen molar-refractivity contribution in [3.63, 3.8) is 0 Å². The van der Waals surface area contributed by atoms with Gasteiger partial charge in [0.2, 0.25) is 0 Å². The average Bonchev–Trinajstić information content (AvgIpc) is 3.23. The van der Waals surface area contributed by atoms with Crippen molar-refractivity contribution in [2.45, 2.75) is 28.7 Å². The van der Waals surface area contributed by atoms with Crippen molar-refractivity contribution in [1.29, 1.82) is 0 Å². The second-order valence-electron chi connectivity index (χ2n) is 6.07. The first-order chi connectivity index (χ1) is 13.1. The van der Waals surface area contributed by atoms with Gasteiger partial charge in [0.15, 0.2) is 17.7 Å². The molecule has 1 aliphatic heterocycles. The number of thioether (sulfide) groups is 1. The number of hydrogen-bond donors (Lipinski definition) is 2. The Bertz CT molecular complexity index is 938. The van der Waals surface area contributed by atoms with Gasteiger partial charge in [-0.05, 0) is 24.3 Å². The van der Waals surface area contributed by atoms with Gasteiger partial charge in [-0.25, -0.2) is 15.0 Å². The van der Waals surface area contributed by atoms with E-state index in [1.54, 1.807) is 23.4 Å². The number of nitrogen functional groups attached to an aromatic ring is 1. The van der Waals surface area contributed by atoms with Crippen LogP contribution in [0.25, 0.3) is 11.2 Å². The van der Waals surface area contributed by atoms with E-state index in [9.17, 15) is 5.11 Å². The van der Waals surface area contributed by atoms with Crippen LogP contribution in [0.4, 0.5) is 5.82 Å². The Kier molecular flexibility index (Phi) is 5.09. The molecule has 3 heterocycles. The summed E-state index contributed by atoms with van der Waals surface area (Å²) in [6, 6.07) is 7.74. The second kappa shape index (κ2) is 7.51. The summed E-state index contributed by atoms with van der Waals surface area (Å²) in [6.07, 6.45) is 0.962. The predicted molar refractivity (Wildman–Crippen MR) is 103 cm³/mol. The van der Waals surface area contributed by atoms with Crippen LogP contribution in [-0.4, -0.2) is 55.1 Å². The number of aliphatic hydroxyl groups is 1. The van der Waals surface area contributed by atoms with Crippen LogP contribution in [0.3, 0.4) is 0 Å². The van der Waals surface area contributed by atoms with E-state index >= 15 is 0 Å². The van der Waals surface area contributed by atoms with E-state index in [1.165, 1.54) is 12.7 Å². The van der Waals surface area contributed by atoms with Crippen LogP contribution in [0, 0.1) is 0 Å². The minimum Gasteiger partial charge on any atom is -0.497 e. The smallest absolute Gasteiger partial charge is 0.167 e. The van der Waals surface area contributed by atoms with Crippen LogP contribution in [0.5, 0.6) is 5.75 Å². The molecular formula is C17H18ClN5O3S. The number of anilines is 1. The maximum atomic E-state index is 10.6. The Morgan fingerprint density at radius 2 is 2.07 bits per heavy atom. The molecule has 0 amide bonds. The number of hydrogen-bond acceptors (Lipinski definition) is 8. The molecule has 0 saturated carbocycles. The molecule has 8 nitrogen and oxygen atoms in total. The fraction of sp³-hybridized carbons (Fsp3) is 0.353. The van der Waals surface area contributed by atoms with E-state index in [0.717, 1.165) is 10.6 Å². The molecular weight excluding hydrogens is 390 g/mol. The Labute approximate surface area is 164 Å². The topological polar surface area (TPSA) is 108 Å². The molecule has 3 N–H and O–H groups in total. The summed E-state index contributed by atoms with van der Waals surface area (Å²) in [5.41, 5.74) is 6.79. The Morgan fingerprint density at radius 1 is 1.30 bits per heavy atom. The Hall–Kier alpha value is -2.07. The number of alkyl halides is 1. The molecule has 27 heavy (non-hydrogen) atoms. The molecule has 1 aliphatic rings. The first-order valence-corrected chi connectivity index (χ1v) is 9.68. The third kappa shape index (κ3) is 3.43. The first-order valence-electron chi connectivity index (χ1n) is 8.26. The van der Waals surface area contributed by atoms with Crippen molar-refractivity contribution in [3.05, 3.63) is 36.9 Å². The molecule has 10 heteroatoms. The van der Waals surface area contributed by atoms with Crippen LogP contribution in [0.15, 0.2) is 41.8 Å². The van der Waals surface area contributed by atoms with Gasteiger partial charge in [0.25, 0.3) is 0 Å². The second-order valence-corrected chi connectivity index (χ2v) is 7.67. The summed E-state index contributed by atoms with van der Waals surface area (Å²) in [7, 11) is 1.63. The Morgan fingerprint density at radius 3 is 2.81 bits per heavy atom. The lowest BCUT2D eigenvalue weighted by atomic mass is 10.2. The van der Waals surface area contributed by atoms with Crippen molar-refractivity contribution >= 4 is 40.3 Å². The van der Waals surface area contributed by atoms with Crippen LogP contribution in [-0.2, 0) is 4.74 Å². The number of methoxy groups -OCH3 is 1. The average molecular weight is 408 g/mol. The molecule has 0 radical (unpaired) electrons. The molecule has 1 fully saturated rings. The van der Waals surface area contributed by atoms with Gasteiger partial charge in [-0.2, -0.15) is 0 Å². The quantitative estimate of drug-likeness (QED) is 0.488. The van der Waals surface area contributed by atoms with E-state index in [1.807, 2.05) is 24.3 Å². The molecule has 1 saturated heterocycles. The summed E-state index contributed by atoms with van der Waals surface area (Å²) >= 11 is 8.04. The highest BCUT2D eigenvalue weighted by molar-refractivity contribution is 7.99. The van der Waals surface area contributed by atoms with E-state index in [0.29, 0.717) is 16.9 Å². The van der Waals surface area contributed by atoms with Gasteiger partial charge >= 0.3 is 0 Å². The highest BCUT2D eigenvalue weighted by Crippen LogP contribution is 2.37. The molecule has 142 valence electrons. The van der Waals surface area contributed by atoms with E-state index < -0.39 is 17.7 Å². The van der Waals surface area contributed by atoms with Crippen molar-refractivity contribution in [2.24, 2.45) is 0 Å². The van der Waals surface area contributed by atoms with E-state index in [2.05, 4.69) is 15.0 Å². The third-order valence-electron chi connectivity index (χ3n) is 4.42. The molecule has 0 unspecified atom stereocenters. The lowest BCUT2D eigenvalue weighted by Gasteiger charge is -2.16. The van der Waals surface area contributed by atoms with Crippen molar-refractivity contribution in [1.82, 2.24) is 19.5 Å². The molecule has 4 atom stereocenters. The molecule has 4 rings (SSSR count). The normalized spacial score (nSPS) is 25.1. The summed E-state index contributed by atoms with van der Waals surface area (Å²) < 4.78 is 12.8. The number of aromatic nitrogens is 4. The monoisotopic (exact) mass is 407 g/mol. The molecule has 0 bridgehead atoms. The third-order valence-corrected chi connectivity index (χ3v) is 6.06.